The highest BCUT2D eigenvalue weighted by molar-refractivity contribution is 5.92. The van der Waals surface area contributed by atoms with Crippen LogP contribution in [0.4, 0.5) is 5.82 Å². The number of pyridine rings is 1. The van der Waals surface area contributed by atoms with Crippen molar-refractivity contribution in [3.63, 3.8) is 0 Å². The molecule has 2 heterocycles. The van der Waals surface area contributed by atoms with Crippen LogP contribution in [0.5, 0.6) is 0 Å². The van der Waals surface area contributed by atoms with E-state index in [-0.39, 0.29) is 5.91 Å². The van der Waals surface area contributed by atoms with Gasteiger partial charge in [0.1, 0.15) is 11.5 Å². The number of carbonyl (C=O) groups excluding carboxylic acids is 1. The molecule has 1 unspecified atom stereocenters. The van der Waals surface area contributed by atoms with Crippen molar-refractivity contribution < 1.29 is 4.79 Å². The number of carbonyl (C=O) groups is 1. The van der Waals surface area contributed by atoms with Crippen molar-refractivity contribution in [2.45, 2.75) is 18.9 Å². The molecular formula is C12H18N4O. The van der Waals surface area contributed by atoms with Gasteiger partial charge in [-0.05, 0) is 38.6 Å². The number of nitrogens with one attached hydrogen (secondary N) is 1. The predicted molar refractivity (Wildman–Crippen MR) is 66.6 cm³/mol. The third-order valence-electron chi connectivity index (χ3n) is 3.17. The minimum atomic E-state index is -0.155. The van der Waals surface area contributed by atoms with Gasteiger partial charge in [0.2, 0.25) is 0 Å². The molecule has 92 valence electrons. The highest BCUT2D eigenvalue weighted by Crippen LogP contribution is 2.13. The van der Waals surface area contributed by atoms with Crippen molar-refractivity contribution in [2.75, 3.05) is 25.9 Å². The molecule has 1 fully saturated rings. The number of nitrogen functional groups attached to an aromatic ring is 1. The van der Waals surface area contributed by atoms with E-state index >= 15 is 0 Å². The minimum absolute atomic E-state index is 0.155. The van der Waals surface area contributed by atoms with Gasteiger partial charge in [-0.1, -0.05) is 6.07 Å². The second kappa shape index (κ2) is 5.14. The van der Waals surface area contributed by atoms with Crippen molar-refractivity contribution in [2.24, 2.45) is 0 Å². The van der Waals surface area contributed by atoms with Gasteiger partial charge in [0.05, 0.1) is 0 Å². The number of amides is 1. The maximum Gasteiger partial charge on any atom is 0.270 e. The monoisotopic (exact) mass is 234 g/mol. The van der Waals surface area contributed by atoms with E-state index in [1.54, 1.807) is 18.2 Å². The number of likely N-dealkylation sites (tertiary alicyclic amines) is 1. The fraction of sp³-hybridized carbons (Fsp3) is 0.500. The zero-order valence-corrected chi connectivity index (χ0v) is 10.0. The highest BCUT2D eigenvalue weighted by Gasteiger charge is 2.21. The molecule has 3 N–H and O–H groups in total. The van der Waals surface area contributed by atoms with E-state index in [0.717, 1.165) is 13.0 Å². The molecule has 0 radical (unpaired) electrons. The van der Waals surface area contributed by atoms with Crippen LogP contribution >= 0.6 is 0 Å². The number of rotatable bonds is 3. The normalized spacial score (nSPS) is 20.4. The minimum Gasteiger partial charge on any atom is -0.384 e. The summed E-state index contributed by atoms with van der Waals surface area (Å²) in [7, 11) is 2.09. The van der Waals surface area contributed by atoms with Crippen LogP contribution in [0.25, 0.3) is 0 Å². The maximum absolute atomic E-state index is 11.8. The lowest BCUT2D eigenvalue weighted by atomic mass is 10.2. The number of hydrogen-bond donors (Lipinski definition) is 2. The lowest BCUT2D eigenvalue weighted by Gasteiger charge is -2.19. The molecule has 17 heavy (non-hydrogen) atoms. The second-order valence-corrected chi connectivity index (χ2v) is 4.43. The summed E-state index contributed by atoms with van der Waals surface area (Å²) in [5.74, 6) is 0.216. The third-order valence-corrected chi connectivity index (χ3v) is 3.17. The van der Waals surface area contributed by atoms with E-state index in [1.807, 2.05) is 0 Å². The largest absolute Gasteiger partial charge is 0.384 e. The first-order valence-electron chi connectivity index (χ1n) is 5.88. The molecular weight excluding hydrogens is 216 g/mol. The molecule has 0 saturated carbocycles. The first-order valence-corrected chi connectivity index (χ1v) is 5.88. The SMILES string of the molecule is CN1CCCC1CNC(=O)c1cccc(N)n1. The quantitative estimate of drug-likeness (QED) is 0.798. The summed E-state index contributed by atoms with van der Waals surface area (Å²) in [5.41, 5.74) is 5.92. The average Bonchev–Trinajstić information content (AvgIpc) is 2.72. The van der Waals surface area contributed by atoms with E-state index in [0.29, 0.717) is 24.1 Å². The molecule has 1 saturated heterocycles. The Balaban J connectivity index is 1.89. The molecule has 1 aliphatic rings. The van der Waals surface area contributed by atoms with Crippen molar-refractivity contribution >= 4 is 11.7 Å². The Hall–Kier alpha value is -1.62. The molecule has 0 aromatic carbocycles. The van der Waals surface area contributed by atoms with Crippen LogP contribution in [0.3, 0.4) is 0 Å². The summed E-state index contributed by atoms with van der Waals surface area (Å²) >= 11 is 0. The van der Waals surface area contributed by atoms with Gasteiger partial charge in [-0.2, -0.15) is 0 Å². The Bertz CT molecular complexity index is 407. The third kappa shape index (κ3) is 2.94. The lowest BCUT2D eigenvalue weighted by molar-refractivity contribution is 0.0939. The number of aromatic nitrogens is 1. The molecule has 0 aliphatic carbocycles. The summed E-state index contributed by atoms with van der Waals surface area (Å²) in [6.45, 7) is 1.78. The van der Waals surface area contributed by atoms with Crippen LogP contribution < -0.4 is 11.1 Å². The van der Waals surface area contributed by atoms with E-state index in [2.05, 4.69) is 22.2 Å². The zero-order valence-electron chi connectivity index (χ0n) is 10.0. The molecule has 0 spiro atoms. The van der Waals surface area contributed by atoms with Crippen LogP contribution in [-0.4, -0.2) is 42.0 Å². The Morgan fingerprint density at radius 1 is 1.65 bits per heavy atom. The summed E-state index contributed by atoms with van der Waals surface area (Å²) < 4.78 is 0. The van der Waals surface area contributed by atoms with Crippen LogP contribution in [0.1, 0.15) is 23.3 Å². The predicted octanol–water partition coefficient (Wildman–Crippen LogP) is 0.488. The number of anilines is 1. The van der Waals surface area contributed by atoms with Crippen molar-refractivity contribution in [3.8, 4) is 0 Å². The zero-order chi connectivity index (χ0) is 12.3. The molecule has 1 amide bonds. The number of nitrogens with two attached hydrogens (primary N) is 1. The maximum atomic E-state index is 11.8. The Kier molecular flexibility index (Phi) is 3.58. The van der Waals surface area contributed by atoms with Gasteiger partial charge >= 0.3 is 0 Å². The van der Waals surface area contributed by atoms with E-state index in [4.69, 9.17) is 5.73 Å². The first-order chi connectivity index (χ1) is 8.16. The van der Waals surface area contributed by atoms with Crippen LogP contribution in [0.15, 0.2) is 18.2 Å². The van der Waals surface area contributed by atoms with Crippen molar-refractivity contribution in [1.29, 1.82) is 0 Å². The smallest absolute Gasteiger partial charge is 0.270 e. The van der Waals surface area contributed by atoms with Gasteiger partial charge < -0.3 is 16.0 Å². The summed E-state index contributed by atoms with van der Waals surface area (Å²) in [6.07, 6.45) is 2.34. The first kappa shape index (κ1) is 11.9. The molecule has 1 aromatic heterocycles. The number of nitrogens with zero attached hydrogens (tertiary/aromatic N) is 2. The fourth-order valence-corrected chi connectivity index (χ4v) is 2.12. The van der Waals surface area contributed by atoms with Gasteiger partial charge in [-0.15, -0.1) is 0 Å². The van der Waals surface area contributed by atoms with Gasteiger partial charge in [0.25, 0.3) is 5.91 Å². The fourth-order valence-electron chi connectivity index (χ4n) is 2.12. The molecule has 5 heteroatoms. The van der Waals surface area contributed by atoms with Crippen LogP contribution in [0.2, 0.25) is 0 Å². The second-order valence-electron chi connectivity index (χ2n) is 4.43. The average molecular weight is 234 g/mol. The molecule has 5 nitrogen and oxygen atoms in total. The van der Waals surface area contributed by atoms with E-state index in [9.17, 15) is 4.79 Å². The van der Waals surface area contributed by atoms with Crippen molar-refractivity contribution in [1.82, 2.24) is 15.2 Å². The topological polar surface area (TPSA) is 71.2 Å². The Morgan fingerprint density at radius 2 is 2.47 bits per heavy atom. The van der Waals surface area contributed by atoms with Gasteiger partial charge in [-0.3, -0.25) is 4.79 Å². The summed E-state index contributed by atoms with van der Waals surface area (Å²) in [5, 5.41) is 2.90. The van der Waals surface area contributed by atoms with Gasteiger partial charge in [-0.25, -0.2) is 4.98 Å². The molecule has 2 rings (SSSR count). The summed E-state index contributed by atoms with van der Waals surface area (Å²) in [6, 6.07) is 5.52. The van der Waals surface area contributed by atoms with Crippen LogP contribution in [0, 0.1) is 0 Å². The molecule has 1 aromatic rings. The Labute approximate surface area is 101 Å². The Morgan fingerprint density at radius 3 is 3.12 bits per heavy atom. The number of hydrogen-bond acceptors (Lipinski definition) is 4. The molecule has 1 aliphatic heterocycles. The van der Waals surface area contributed by atoms with Crippen LogP contribution in [-0.2, 0) is 0 Å². The van der Waals surface area contributed by atoms with E-state index in [1.165, 1.54) is 6.42 Å². The number of likely N-dealkylation sites (N-methyl/N-ethyl adjacent to an activating group) is 1. The standard InChI is InChI=1S/C12H18N4O/c1-16-7-3-4-9(16)8-14-12(17)10-5-2-6-11(13)15-10/h2,5-6,9H,3-4,7-8H2,1H3,(H2,13,15)(H,14,17). The molecule has 1 atom stereocenters. The molecule has 0 bridgehead atoms. The van der Waals surface area contributed by atoms with E-state index < -0.39 is 0 Å². The summed E-state index contributed by atoms with van der Waals surface area (Å²) in [4.78, 5) is 18.1. The highest BCUT2D eigenvalue weighted by atomic mass is 16.1. The van der Waals surface area contributed by atoms with Gasteiger partial charge in [0.15, 0.2) is 0 Å². The van der Waals surface area contributed by atoms with Gasteiger partial charge in [0, 0.05) is 12.6 Å². The lowest BCUT2D eigenvalue weighted by Crippen LogP contribution is -2.38. The van der Waals surface area contributed by atoms with Crippen molar-refractivity contribution in [3.05, 3.63) is 23.9 Å².